The van der Waals surface area contributed by atoms with Crippen LogP contribution in [0.15, 0.2) is 42.6 Å². The van der Waals surface area contributed by atoms with E-state index in [4.69, 9.17) is 10.2 Å². The summed E-state index contributed by atoms with van der Waals surface area (Å²) in [5, 5.41) is 14.0. The number of nitrogens with zero attached hydrogens (tertiary/aromatic N) is 1. The zero-order chi connectivity index (χ0) is 14.8. The second-order valence-electron chi connectivity index (χ2n) is 3.72. The second-order valence-corrected chi connectivity index (χ2v) is 3.72. The standard InChI is InChI=1S/C14H14N.2CH4O.Ir/c1-11-8-9-14(15(3)10-11)13-7-5-4-6-12(13)2;2*1-2;/h4-10H,2-3H2,1H3;2*2H,1H3;/q-1;;;. The molecule has 1 heterocycles. The molecule has 1 radical (unpaired) electrons. The van der Waals surface area contributed by atoms with Crippen molar-refractivity contribution in [2.24, 2.45) is 0 Å². The van der Waals surface area contributed by atoms with E-state index in [1.54, 1.807) is 0 Å². The fourth-order valence-corrected chi connectivity index (χ4v) is 1.68. The van der Waals surface area contributed by atoms with E-state index in [1.807, 2.05) is 29.0 Å². The Morgan fingerprint density at radius 2 is 1.50 bits per heavy atom. The summed E-state index contributed by atoms with van der Waals surface area (Å²) < 4.78 is 1.89. The fraction of sp³-hybridized carbons (Fsp3) is 0.188. The van der Waals surface area contributed by atoms with Crippen LogP contribution in [0.2, 0.25) is 0 Å². The number of aromatic nitrogens is 1. The Hall–Kier alpha value is -1.32. The van der Waals surface area contributed by atoms with E-state index in [0.717, 1.165) is 31.0 Å². The zero-order valence-electron chi connectivity index (χ0n) is 12.1. The van der Waals surface area contributed by atoms with E-state index < -0.39 is 0 Å². The van der Waals surface area contributed by atoms with Crippen LogP contribution in [0.3, 0.4) is 0 Å². The third kappa shape index (κ3) is 5.76. The Morgan fingerprint density at radius 3 is 2.00 bits per heavy atom. The van der Waals surface area contributed by atoms with Gasteiger partial charge in [0.2, 0.25) is 0 Å². The Morgan fingerprint density at radius 1 is 0.950 bits per heavy atom. The van der Waals surface area contributed by atoms with Gasteiger partial charge in [0.15, 0.2) is 0 Å². The van der Waals surface area contributed by atoms with E-state index in [9.17, 15) is 0 Å². The van der Waals surface area contributed by atoms with Gasteiger partial charge in [0, 0.05) is 41.4 Å². The average molecular weight is 453 g/mol. The molecule has 0 aliphatic carbocycles. The van der Waals surface area contributed by atoms with Gasteiger partial charge in [-0.3, -0.25) is 0 Å². The first-order chi connectivity index (χ1) is 9.18. The number of aliphatic hydroxyl groups is 2. The third-order valence-corrected chi connectivity index (χ3v) is 2.47. The summed E-state index contributed by atoms with van der Waals surface area (Å²) >= 11 is 0. The molecule has 0 saturated heterocycles. The molecule has 3 nitrogen and oxygen atoms in total. The summed E-state index contributed by atoms with van der Waals surface area (Å²) in [6.07, 6.45) is 2.02. The largest absolute Gasteiger partial charge is 0.400 e. The number of aryl methyl sites for hydroxylation is 1. The number of pyridine rings is 1. The summed E-state index contributed by atoms with van der Waals surface area (Å²) in [7, 11) is 5.99. The van der Waals surface area contributed by atoms with Crippen molar-refractivity contribution < 1.29 is 34.9 Å². The van der Waals surface area contributed by atoms with Crippen LogP contribution in [0.1, 0.15) is 11.1 Å². The van der Waals surface area contributed by atoms with Crippen molar-refractivity contribution in [1.82, 2.24) is 0 Å². The van der Waals surface area contributed by atoms with E-state index in [2.05, 4.69) is 39.1 Å². The maximum absolute atomic E-state index is 7.00. The van der Waals surface area contributed by atoms with Gasteiger partial charge in [-0.1, -0.05) is 18.2 Å². The molecule has 113 valence electrons. The first-order valence-electron chi connectivity index (χ1n) is 5.82. The predicted molar refractivity (Wildman–Crippen MR) is 78.3 cm³/mol. The van der Waals surface area contributed by atoms with Crippen LogP contribution in [0.5, 0.6) is 0 Å². The predicted octanol–water partition coefficient (Wildman–Crippen LogP) is 1.99. The molecule has 2 rings (SSSR count). The van der Waals surface area contributed by atoms with Gasteiger partial charge in [0.25, 0.3) is 0 Å². The molecule has 2 aromatic rings. The molecule has 0 saturated carbocycles. The van der Waals surface area contributed by atoms with Crippen molar-refractivity contribution in [2.75, 3.05) is 14.2 Å². The zero-order valence-corrected chi connectivity index (χ0v) is 14.5. The topological polar surface area (TPSA) is 44.3 Å². The van der Waals surface area contributed by atoms with Gasteiger partial charge in [-0.05, 0) is 12.5 Å². The van der Waals surface area contributed by atoms with Gasteiger partial charge in [-0.2, -0.15) is 18.6 Å². The summed E-state index contributed by atoms with van der Waals surface area (Å²) in [5.41, 5.74) is 4.45. The molecular formula is C16H22IrNO2-. The van der Waals surface area contributed by atoms with Gasteiger partial charge in [-0.25, -0.2) is 0 Å². The van der Waals surface area contributed by atoms with E-state index >= 15 is 0 Å². The quantitative estimate of drug-likeness (QED) is 0.514. The van der Waals surface area contributed by atoms with E-state index in [1.165, 1.54) is 5.56 Å². The van der Waals surface area contributed by atoms with Gasteiger partial charge in [0.05, 0.1) is 11.9 Å². The van der Waals surface area contributed by atoms with Crippen molar-refractivity contribution in [3.63, 3.8) is 0 Å². The minimum Gasteiger partial charge on any atom is -0.400 e. The minimum absolute atomic E-state index is 0. The summed E-state index contributed by atoms with van der Waals surface area (Å²) in [6.45, 7) is 6.08. The van der Waals surface area contributed by atoms with Crippen LogP contribution in [0, 0.1) is 20.9 Å². The van der Waals surface area contributed by atoms with Crippen LogP contribution in [-0.4, -0.2) is 24.4 Å². The molecular weight excluding hydrogens is 430 g/mol. The number of hydrogen-bond donors (Lipinski definition) is 2. The summed E-state index contributed by atoms with van der Waals surface area (Å²) in [5.74, 6) is 0. The maximum atomic E-state index is 7.00. The Labute approximate surface area is 135 Å². The van der Waals surface area contributed by atoms with Crippen LogP contribution in [-0.2, 0) is 20.1 Å². The molecule has 0 amide bonds. The molecule has 0 atom stereocenters. The summed E-state index contributed by atoms with van der Waals surface area (Å²) in [6, 6.07) is 12.2. The minimum atomic E-state index is 0. The summed E-state index contributed by atoms with van der Waals surface area (Å²) in [4.78, 5) is 0. The molecule has 0 aliphatic rings. The van der Waals surface area contributed by atoms with Gasteiger partial charge < -0.3 is 14.8 Å². The molecule has 2 N–H and O–H groups in total. The molecule has 1 aromatic carbocycles. The first-order valence-corrected chi connectivity index (χ1v) is 5.82. The molecule has 0 fully saturated rings. The average Bonchev–Trinajstić information content (AvgIpc) is 2.45. The Balaban J connectivity index is 0. The van der Waals surface area contributed by atoms with Gasteiger partial charge >= 0.3 is 0 Å². The van der Waals surface area contributed by atoms with Crippen LogP contribution in [0.25, 0.3) is 11.3 Å². The monoisotopic (exact) mass is 453 g/mol. The fourth-order valence-electron chi connectivity index (χ4n) is 1.68. The van der Waals surface area contributed by atoms with E-state index in [-0.39, 0.29) is 20.1 Å². The Kier molecular flexibility index (Phi) is 12.1. The molecule has 0 bridgehead atoms. The SMILES string of the molecule is CO.CO.[CH2-]c1ccccc1-c1ccc(C)c[n+]1[CH2-].[Ir]. The maximum Gasteiger partial charge on any atom is 0.0716 e. The van der Waals surface area contributed by atoms with Crippen molar-refractivity contribution in [2.45, 2.75) is 6.92 Å². The molecule has 4 heteroatoms. The van der Waals surface area contributed by atoms with Crippen molar-refractivity contribution in [1.29, 1.82) is 0 Å². The number of aliphatic hydroxyl groups excluding tert-OH is 2. The number of hydrogen-bond acceptors (Lipinski definition) is 2. The van der Waals surface area contributed by atoms with Crippen molar-refractivity contribution in [3.8, 4) is 11.3 Å². The molecule has 0 spiro atoms. The van der Waals surface area contributed by atoms with Crippen LogP contribution < -0.4 is 4.57 Å². The van der Waals surface area contributed by atoms with Gasteiger partial charge in [-0.15, -0.1) is 17.7 Å². The normalized spacial score (nSPS) is 8.25. The smallest absolute Gasteiger partial charge is 0.0716 e. The van der Waals surface area contributed by atoms with Gasteiger partial charge in [0.1, 0.15) is 0 Å². The molecule has 20 heavy (non-hydrogen) atoms. The number of rotatable bonds is 1. The molecule has 0 unspecified atom stereocenters. The van der Waals surface area contributed by atoms with Crippen molar-refractivity contribution in [3.05, 3.63) is 67.7 Å². The molecule has 1 aromatic heterocycles. The van der Waals surface area contributed by atoms with Crippen LogP contribution >= 0.6 is 0 Å². The number of benzene rings is 1. The first kappa shape index (κ1) is 21.0. The Bertz CT molecular complexity index is 502. The second kappa shape index (κ2) is 11.5. The van der Waals surface area contributed by atoms with Crippen molar-refractivity contribution >= 4 is 0 Å². The van der Waals surface area contributed by atoms with Crippen LogP contribution in [0.4, 0.5) is 0 Å². The molecule has 0 aliphatic heterocycles. The third-order valence-electron chi connectivity index (χ3n) is 2.47. The van der Waals surface area contributed by atoms with E-state index in [0.29, 0.717) is 0 Å².